The van der Waals surface area contributed by atoms with Crippen LogP contribution < -0.4 is 10.5 Å². The Morgan fingerprint density at radius 1 is 1.33 bits per heavy atom. The molecule has 0 spiro atoms. The zero-order valence-electron chi connectivity index (χ0n) is 11.3. The average Bonchev–Trinajstić information content (AvgIpc) is 2.37. The van der Waals surface area contributed by atoms with Crippen LogP contribution in [0.3, 0.4) is 0 Å². The van der Waals surface area contributed by atoms with Gasteiger partial charge < -0.3 is 15.4 Å². The highest BCUT2D eigenvalue weighted by Crippen LogP contribution is 2.13. The molecular formula is C14H22N2O2. The van der Waals surface area contributed by atoms with Crippen molar-refractivity contribution in [2.45, 2.75) is 20.4 Å². The van der Waals surface area contributed by atoms with Gasteiger partial charge in [-0.2, -0.15) is 0 Å². The van der Waals surface area contributed by atoms with Gasteiger partial charge in [-0.15, -0.1) is 0 Å². The molecule has 18 heavy (non-hydrogen) atoms. The second-order valence-electron chi connectivity index (χ2n) is 4.72. The van der Waals surface area contributed by atoms with Crippen LogP contribution in [0.5, 0.6) is 5.75 Å². The highest BCUT2D eigenvalue weighted by atomic mass is 16.5. The third-order valence-electron chi connectivity index (χ3n) is 2.65. The molecule has 0 aliphatic rings. The van der Waals surface area contributed by atoms with Crippen molar-refractivity contribution in [1.82, 2.24) is 4.90 Å². The zero-order valence-corrected chi connectivity index (χ0v) is 11.3. The summed E-state index contributed by atoms with van der Waals surface area (Å²) in [6.45, 7) is 5.55. The smallest absolute Gasteiger partial charge is 0.236 e. The molecule has 1 aromatic rings. The molecule has 1 aromatic carbocycles. The van der Waals surface area contributed by atoms with Crippen molar-refractivity contribution >= 4 is 5.91 Å². The van der Waals surface area contributed by atoms with E-state index in [1.54, 1.807) is 12.0 Å². The maximum absolute atomic E-state index is 11.8. The Hall–Kier alpha value is -1.55. The molecule has 0 atom stereocenters. The summed E-state index contributed by atoms with van der Waals surface area (Å²) in [5.41, 5.74) is 6.52. The summed E-state index contributed by atoms with van der Waals surface area (Å²) in [5, 5.41) is 0. The van der Waals surface area contributed by atoms with Crippen molar-refractivity contribution in [2.24, 2.45) is 11.7 Å². The Kier molecular flexibility index (Phi) is 5.65. The predicted molar refractivity (Wildman–Crippen MR) is 72.3 cm³/mol. The fourth-order valence-electron chi connectivity index (χ4n) is 1.78. The van der Waals surface area contributed by atoms with Crippen molar-refractivity contribution in [2.75, 3.05) is 20.2 Å². The molecular weight excluding hydrogens is 228 g/mol. The zero-order chi connectivity index (χ0) is 13.5. The van der Waals surface area contributed by atoms with Crippen molar-refractivity contribution in [3.63, 3.8) is 0 Å². The highest BCUT2D eigenvalue weighted by molar-refractivity contribution is 5.78. The van der Waals surface area contributed by atoms with Gasteiger partial charge in [0.15, 0.2) is 0 Å². The molecule has 4 heteroatoms. The van der Waals surface area contributed by atoms with Gasteiger partial charge in [0.2, 0.25) is 5.91 Å². The molecule has 0 saturated heterocycles. The van der Waals surface area contributed by atoms with Crippen LogP contribution in [0, 0.1) is 5.92 Å². The minimum absolute atomic E-state index is 0.0143. The molecule has 0 bridgehead atoms. The Bertz CT molecular complexity index is 374. The average molecular weight is 250 g/mol. The maximum Gasteiger partial charge on any atom is 0.236 e. The molecule has 0 unspecified atom stereocenters. The summed E-state index contributed by atoms with van der Waals surface area (Å²) in [5.74, 6) is 1.23. The number of methoxy groups -OCH3 is 1. The molecule has 0 aromatic heterocycles. The number of nitrogens with zero attached hydrogens (tertiary/aromatic N) is 1. The number of hydrogen-bond donors (Lipinski definition) is 1. The van der Waals surface area contributed by atoms with Gasteiger partial charge in [0, 0.05) is 13.1 Å². The predicted octanol–water partition coefficient (Wildman–Crippen LogP) is 1.64. The van der Waals surface area contributed by atoms with E-state index in [0.717, 1.165) is 17.9 Å². The van der Waals surface area contributed by atoms with E-state index in [4.69, 9.17) is 10.5 Å². The first-order valence-corrected chi connectivity index (χ1v) is 6.17. The Morgan fingerprint density at radius 3 is 2.39 bits per heavy atom. The quantitative estimate of drug-likeness (QED) is 0.835. The molecule has 0 aliphatic heterocycles. The number of benzene rings is 1. The molecule has 1 rings (SSSR count). The van der Waals surface area contributed by atoms with Crippen molar-refractivity contribution in [1.29, 1.82) is 0 Å². The number of ether oxygens (including phenoxy) is 1. The van der Waals surface area contributed by atoms with Crippen LogP contribution >= 0.6 is 0 Å². The largest absolute Gasteiger partial charge is 0.497 e. The van der Waals surface area contributed by atoms with Gasteiger partial charge in [-0.1, -0.05) is 26.0 Å². The van der Waals surface area contributed by atoms with E-state index in [1.807, 2.05) is 24.3 Å². The lowest BCUT2D eigenvalue weighted by Crippen LogP contribution is -2.37. The van der Waals surface area contributed by atoms with E-state index < -0.39 is 0 Å². The highest BCUT2D eigenvalue weighted by Gasteiger charge is 2.13. The topological polar surface area (TPSA) is 55.6 Å². The summed E-state index contributed by atoms with van der Waals surface area (Å²) < 4.78 is 5.11. The first-order valence-electron chi connectivity index (χ1n) is 6.17. The summed E-state index contributed by atoms with van der Waals surface area (Å²) in [6.07, 6.45) is 0. The SMILES string of the molecule is COc1ccc(CN(CC(C)C)C(=O)CN)cc1. The first kappa shape index (κ1) is 14.5. The number of nitrogens with two attached hydrogens (primary N) is 1. The fraction of sp³-hybridized carbons (Fsp3) is 0.500. The second-order valence-corrected chi connectivity index (χ2v) is 4.72. The van der Waals surface area contributed by atoms with E-state index in [2.05, 4.69) is 13.8 Å². The lowest BCUT2D eigenvalue weighted by molar-refractivity contribution is -0.130. The minimum atomic E-state index is -0.0143. The summed E-state index contributed by atoms with van der Waals surface area (Å²) in [6, 6.07) is 7.73. The van der Waals surface area contributed by atoms with Crippen molar-refractivity contribution in [3.8, 4) is 5.75 Å². The first-order chi connectivity index (χ1) is 8.56. The lowest BCUT2D eigenvalue weighted by atomic mass is 10.1. The number of rotatable bonds is 6. The molecule has 0 radical (unpaired) electrons. The van der Waals surface area contributed by atoms with Gasteiger partial charge >= 0.3 is 0 Å². The number of carbonyl (C=O) groups excluding carboxylic acids is 1. The Balaban J connectivity index is 2.72. The molecule has 1 amide bonds. The Labute approximate surface area is 109 Å². The van der Waals surface area contributed by atoms with Gasteiger partial charge in [0.05, 0.1) is 13.7 Å². The summed E-state index contributed by atoms with van der Waals surface area (Å²) in [4.78, 5) is 13.5. The number of carbonyl (C=O) groups is 1. The van der Waals surface area contributed by atoms with E-state index in [1.165, 1.54) is 0 Å². The van der Waals surface area contributed by atoms with Crippen LogP contribution in [0.15, 0.2) is 24.3 Å². The monoisotopic (exact) mass is 250 g/mol. The molecule has 0 aliphatic carbocycles. The van der Waals surface area contributed by atoms with Crippen molar-refractivity contribution < 1.29 is 9.53 Å². The summed E-state index contributed by atoms with van der Waals surface area (Å²) >= 11 is 0. The molecule has 4 nitrogen and oxygen atoms in total. The van der Waals surface area contributed by atoms with Crippen LogP contribution in [-0.4, -0.2) is 31.0 Å². The van der Waals surface area contributed by atoms with Crippen LogP contribution in [0.1, 0.15) is 19.4 Å². The normalized spacial score (nSPS) is 10.5. The van der Waals surface area contributed by atoms with Crippen LogP contribution in [0.2, 0.25) is 0 Å². The van der Waals surface area contributed by atoms with Gasteiger partial charge in [-0.25, -0.2) is 0 Å². The van der Waals surface area contributed by atoms with Crippen LogP contribution in [0.25, 0.3) is 0 Å². The Morgan fingerprint density at radius 2 is 1.94 bits per heavy atom. The van der Waals surface area contributed by atoms with Crippen molar-refractivity contribution in [3.05, 3.63) is 29.8 Å². The minimum Gasteiger partial charge on any atom is -0.497 e. The number of hydrogen-bond acceptors (Lipinski definition) is 3. The van der Waals surface area contributed by atoms with Gasteiger partial charge in [0.1, 0.15) is 5.75 Å². The van der Waals surface area contributed by atoms with E-state index in [-0.39, 0.29) is 12.5 Å². The van der Waals surface area contributed by atoms with E-state index in [0.29, 0.717) is 12.5 Å². The van der Waals surface area contributed by atoms with E-state index in [9.17, 15) is 4.79 Å². The maximum atomic E-state index is 11.8. The molecule has 0 saturated carbocycles. The van der Waals surface area contributed by atoms with Gasteiger partial charge in [-0.3, -0.25) is 4.79 Å². The third-order valence-corrected chi connectivity index (χ3v) is 2.65. The van der Waals surface area contributed by atoms with Gasteiger partial charge in [-0.05, 0) is 23.6 Å². The standard InChI is InChI=1S/C14H22N2O2/c1-11(2)9-16(14(17)8-15)10-12-4-6-13(18-3)7-5-12/h4-7,11H,8-10,15H2,1-3H3. The molecule has 2 N–H and O–H groups in total. The third kappa shape index (κ3) is 4.37. The second kappa shape index (κ2) is 7.01. The number of amides is 1. The van der Waals surface area contributed by atoms with Crippen LogP contribution in [-0.2, 0) is 11.3 Å². The van der Waals surface area contributed by atoms with Crippen LogP contribution in [0.4, 0.5) is 0 Å². The molecule has 100 valence electrons. The van der Waals surface area contributed by atoms with Gasteiger partial charge in [0.25, 0.3) is 0 Å². The fourth-order valence-corrected chi connectivity index (χ4v) is 1.78. The lowest BCUT2D eigenvalue weighted by Gasteiger charge is -2.24. The molecule has 0 fully saturated rings. The van der Waals surface area contributed by atoms with E-state index >= 15 is 0 Å². The summed E-state index contributed by atoms with van der Waals surface area (Å²) in [7, 11) is 1.64. The molecule has 0 heterocycles.